The zero-order valence-electron chi connectivity index (χ0n) is 16.3. The highest BCUT2D eigenvalue weighted by atomic mass is 19.1. The molecule has 0 saturated carbocycles. The van der Waals surface area contributed by atoms with Crippen LogP contribution in [0.15, 0.2) is 30.4 Å². The van der Waals surface area contributed by atoms with Crippen molar-refractivity contribution in [3.8, 4) is 5.75 Å². The highest BCUT2D eigenvalue weighted by Crippen LogP contribution is 2.18. The smallest absolute Gasteiger partial charge is 0.417 e. The summed E-state index contributed by atoms with van der Waals surface area (Å²) in [4.78, 5) is 36.6. The van der Waals surface area contributed by atoms with E-state index in [4.69, 9.17) is 9.47 Å². The van der Waals surface area contributed by atoms with Gasteiger partial charge in [-0.3, -0.25) is 0 Å². The average Bonchev–Trinajstić information content (AvgIpc) is 2.73. The molecule has 9 heteroatoms. The minimum absolute atomic E-state index is 0.150. The van der Waals surface area contributed by atoms with Crippen molar-refractivity contribution in [3.05, 3.63) is 41.7 Å². The van der Waals surface area contributed by atoms with Crippen LogP contribution in [-0.2, 0) is 25.7 Å². The van der Waals surface area contributed by atoms with Gasteiger partial charge >= 0.3 is 18.0 Å². The number of nitrogens with zero attached hydrogens (tertiary/aromatic N) is 1. The van der Waals surface area contributed by atoms with Gasteiger partial charge in [0, 0.05) is 43.9 Å². The van der Waals surface area contributed by atoms with Gasteiger partial charge in [0.05, 0.1) is 6.61 Å². The fraction of sp³-hybridized carbons (Fsp3) is 0.450. The van der Waals surface area contributed by atoms with Crippen molar-refractivity contribution >= 4 is 18.0 Å². The predicted octanol–water partition coefficient (Wildman–Crippen LogP) is 2.17. The lowest BCUT2D eigenvalue weighted by molar-refractivity contribution is -0.140. The van der Waals surface area contributed by atoms with Crippen LogP contribution in [0.25, 0.3) is 0 Å². The molecule has 1 saturated heterocycles. The number of benzene rings is 1. The minimum Gasteiger partial charge on any atom is -0.494 e. The molecule has 0 spiro atoms. The highest BCUT2D eigenvalue weighted by Gasteiger charge is 2.19. The van der Waals surface area contributed by atoms with Crippen LogP contribution in [-0.4, -0.2) is 55.7 Å². The molecule has 1 heterocycles. The monoisotopic (exact) mass is 408 g/mol. The van der Waals surface area contributed by atoms with Crippen molar-refractivity contribution in [2.45, 2.75) is 26.4 Å². The van der Waals surface area contributed by atoms with Gasteiger partial charge in [0.15, 0.2) is 0 Å². The van der Waals surface area contributed by atoms with E-state index in [2.05, 4.69) is 10.1 Å². The van der Waals surface area contributed by atoms with E-state index in [1.807, 2.05) is 6.92 Å². The minimum atomic E-state index is -0.983. The maximum absolute atomic E-state index is 13.9. The van der Waals surface area contributed by atoms with Crippen LogP contribution in [0, 0.1) is 5.82 Å². The van der Waals surface area contributed by atoms with Crippen molar-refractivity contribution in [3.63, 3.8) is 0 Å². The fourth-order valence-corrected chi connectivity index (χ4v) is 2.45. The fourth-order valence-electron chi connectivity index (χ4n) is 2.45. The van der Waals surface area contributed by atoms with E-state index in [-0.39, 0.29) is 12.2 Å². The molecule has 0 unspecified atom stereocenters. The summed E-state index contributed by atoms with van der Waals surface area (Å²) < 4.78 is 28.9. The largest absolute Gasteiger partial charge is 0.494 e. The zero-order chi connectivity index (χ0) is 21.1. The van der Waals surface area contributed by atoms with E-state index >= 15 is 0 Å². The SMILES string of the molecule is CCCCOc1ccc(F)c(COC(=O)/C=C/C(=O)OC(=O)N2CCNCC2)c1. The Morgan fingerprint density at radius 3 is 2.62 bits per heavy atom. The number of rotatable bonds is 8. The number of esters is 2. The van der Waals surface area contributed by atoms with Crippen LogP contribution in [0.3, 0.4) is 0 Å². The number of hydrogen-bond acceptors (Lipinski definition) is 7. The number of ether oxygens (including phenoxy) is 3. The molecule has 0 atom stereocenters. The van der Waals surface area contributed by atoms with E-state index in [9.17, 15) is 18.8 Å². The topological polar surface area (TPSA) is 94.2 Å². The first kappa shape index (κ1) is 22.4. The second-order valence-electron chi connectivity index (χ2n) is 6.32. The number of nitrogens with one attached hydrogen (secondary N) is 1. The Morgan fingerprint density at radius 2 is 1.90 bits per heavy atom. The molecule has 158 valence electrons. The number of halogens is 1. The summed E-state index contributed by atoms with van der Waals surface area (Å²) in [7, 11) is 0. The molecule has 1 aromatic rings. The molecule has 0 radical (unpaired) electrons. The van der Waals surface area contributed by atoms with Crippen LogP contribution in [0.5, 0.6) is 5.75 Å². The summed E-state index contributed by atoms with van der Waals surface area (Å²) in [6.45, 7) is 4.33. The van der Waals surface area contributed by atoms with Gasteiger partial charge in [0.25, 0.3) is 0 Å². The Hall–Kier alpha value is -2.94. The molecule has 29 heavy (non-hydrogen) atoms. The Kier molecular flexibility index (Phi) is 9.10. The van der Waals surface area contributed by atoms with Crippen LogP contribution in [0.4, 0.5) is 9.18 Å². The first-order valence-electron chi connectivity index (χ1n) is 9.47. The second-order valence-corrected chi connectivity index (χ2v) is 6.32. The molecule has 0 aromatic heterocycles. The molecule has 8 nitrogen and oxygen atoms in total. The maximum atomic E-state index is 13.9. The van der Waals surface area contributed by atoms with Gasteiger partial charge in [0.2, 0.25) is 0 Å². The van der Waals surface area contributed by atoms with Crippen molar-refractivity contribution in [2.24, 2.45) is 0 Å². The second kappa shape index (κ2) is 11.8. The van der Waals surface area contributed by atoms with E-state index in [1.165, 1.54) is 23.1 Å². The number of unbranched alkanes of at least 4 members (excludes halogenated alkanes) is 1. The molecule has 0 bridgehead atoms. The highest BCUT2D eigenvalue weighted by molar-refractivity contribution is 5.96. The van der Waals surface area contributed by atoms with Gasteiger partial charge < -0.3 is 24.4 Å². The van der Waals surface area contributed by atoms with E-state index in [1.54, 1.807) is 0 Å². The van der Waals surface area contributed by atoms with Crippen LogP contribution in [0.1, 0.15) is 25.3 Å². The average molecular weight is 408 g/mol. The van der Waals surface area contributed by atoms with Gasteiger partial charge in [-0.25, -0.2) is 18.8 Å². The summed E-state index contributed by atoms with van der Waals surface area (Å²) in [6, 6.07) is 4.20. The molecule has 1 amide bonds. The standard InChI is InChI=1S/C20H25FN2O6/c1-2-3-12-27-16-4-5-17(21)15(13-16)14-28-18(24)6-7-19(25)29-20(26)23-10-8-22-9-11-23/h4-7,13,22H,2-3,8-12,14H2,1H3/b7-6+. The van der Waals surface area contributed by atoms with Crippen molar-refractivity contribution in [1.29, 1.82) is 0 Å². The molecular weight excluding hydrogens is 383 g/mol. The first-order valence-corrected chi connectivity index (χ1v) is 9.47. The molecule has 1 fully saturated rings. The van der Waals surface area contributed by atoms with Gasteiger partial charge in [-0.05, 0) is 24.6 Å². The molecule has 0 aliphatic carbocycles. The maximum Gasteiger partial charge on any atom is 0.417 e. The number of carbonyl (C=O) groups is 3. The van der Waals surface area contributed by atoms with E-state index in [0.717, 1.165) is 25.0 Å². The summed E-state index contributed by atoms with van der Waals surface area (Å²) in [5.41, 5.74) is 0.150. The third-order valence-electron chi connectivity index (χ3n) is 4.07. The zero-order valence-corrected chi connectivity index (χ0v) is 16.3. The molecule has 1 N–H and O–H groups in total. The number of hydrogen-bond donors (Lipinski definition) is 1. The van der Waals surface area contributed by atoms with Gasteiger partial charge in [-0.15, -0.1) is 0 Å². The summed E-state index contributed by atoms with van der Waals surface area (Å²) in [6.07, 6.45) is 2.70. The Labute approximate surface area is 168 Å². The van der Waals surface area contributed by atoms with Gasteiger partial charge in [0.1, 0.15) is 18.2 Å². The predicted molar refractivity (Wildman–Crippen MR) is 102 cm³/mol. The number of amides is 1. The Morgan fingerprint density at radius 1 is 1.17 bits per heavy atom. The lowest BCUT2D eigenvalue weighted by Gasteiger charge is -2.25. The Balaban J connectivity index is 1.78. The molecule has 1 aliphatic rings. The number of carbonyl (C=O) groups excluding carboxylic acids is 3. The molecule has 2 rings (SSSR count). The van der Waals surface area contributed by atoms with E-state index < -0.39 is 23.8 Å². The third-order valence-corrected chi connectivity index (χ3v) is 4.07. The quantitative estimate of drug-likeness (QED) is 0.305. The van der Waals surface area contributed by atoms with E-state index in [0.29, 0.717) is 38.5 Å². The molecule has 1 aliphatic heterocycles. The summed E-state index contributed by atoms with van der Waals surface area (Å²) in [5.74, 6) is -1.90. The van der Waals surface area contributed by atoms with Crippen molar-refractivity contribution in [2.75, 3.05) is 32.8 Å². The third kappa shape index (κ3) is 7.90. The lowest BCUT2D eigenvalue weighted by Crippen LogP contribution is -2.46. The lowest BCUT2D eigenvalue weighted by atomic mass is 10.2. The van der Waals surface area contributed by atoms with Crippen LogP contribution in [0.2, 0.25) is 0 Å². The van der Waals surface area contributed by atoms with Crippen LogP contribution < -0.4 is 10.1 Å². The molecular formula is C20H25FN2O6. The van der Waals surface area contributed by atoms with Crippen LogP contribution >= 0.6 is 0 Å². The van der Waals surface area contributed by atoms with Gasteiger partial charge in [-0.2, -0.15) is 0 Å². The number of piperazine rings is 1. The van der Waals surface area contributed by atoms with Crippen molar-refractivity contribution in [1.82, 2.24) is 10.2 Å². The summed E-state index contributed by atoms with van der Waals surface area (Å²) >= 11 is 0. The summed E-state index contributed by atoms with van der Waals surface area (Å²) in [5, 5.41) is 3.07. The first-order chi connectivity index (χ1) is 14.0. The van der Waals surface area contributed by atoms with Crippen molar-refractivity contribution < 1.29 is 33.0 Å². The molecule has 1 aromatic carbocycles. The Bertz CT molecular complexity index is 746. The van der Waals surface area contributed by atoms with Gasteiger partial charge in [-0.1, -0.05) is 13.3 Å². The normalized spacial score (nSPS) is 13.9.